The van der Waals surface area contributed by atoms with Crippen molar-refractivity contribution >= 4 is 29.5 Å². The minimum Gasteiger partial charge on any atom is -0.369 e. The summed E-state index contributed by atoms with van der Waals surface area (Å²) in [6, 6.07) is 24.9. The van der Waals surface area contributed by atoms with Crippen LogP contribution in [0.3, 0.4) is 0 Å². The fourth-order valence-corrected chi connectivity index (χ4v) is 3.71. The molecule has 9 nitrogen and oxygen atoms in total. The van der Waals surface area contributed by atoms with Gasteiger partial charge in [0.15, 0.2) is 0 Å². The Morgan fingerprint density at radius 3 is 1.84 bits per heavy atom. The van der Waals surface area contributed by atoms with Crippen molar-refractivity contribution in [1.82, 2.24) is 15.5 Å². The van der Waals surface area contributed by atoms with Crippen molar-refractivity contribution in [2.75, 3.05) is 6.54 Å². The predicted molar refractivity (Wildman–Crippen MR) is 141 cm³/mol. The molecule has 0 spiro atoms. The van der Waals surface area contributed by atoms with E-state index in [1.54, 1.807) is 42.5 Å². The maximum atomic E-state index is 13.2. The first-order valence-corrected chi connectivity index (χ1v) is 12.0. The molecule has 0 aliphatic heterocycles. The summed E-state index contributed by atoms with van der Waals surface area (Å²) in [5, 5.41) is 5.09. The summed E-state index contributed by atoms with van der Waals surface area (Å²) in [4.78, 5) is 63.9. The van der Waals surface area contributed by atoms with Crippen molar-refractivity contribution in [3.63, 3.8) is 0 Å². The van der Waals surface area contributed by atoms with Gasteiger partial charge in [0.25, 0.3) is 5.91 Å². The first-order chi connectivity index (χ1) is 18.3. The summed E-state index contributed by atoms with van der Waals surface area (Å²) in [6.07, 6.45) is 0.928. The molecular formula is C29H29N4O5. The Balaban J connectivity index is 1.77. The molecule has 0 unspecified atom stereocenters. The van der Waals surface area contributed by atoms with Crippen molar-refractivity contribution in [3.05, 3.63) is 114 Å². The van der Waals surface area contributed by atoms with Gasteiger partial charge in [0, 0.05) is 19.5 Å². The van der Waals surface area contributed by atoms with Crippen molar-refractivity contribution in [2.24, 2.45) is 5.73 Å². The quantitative estimate of drug-likeness (QED) is 0.251. The Kier molecular flexibility index (Phi) is 10.3. The third-order valence-electron chi connectivity index (χ3n) is 5.66. The fraction of sp³-hybridized carbons (Fsp3) is 0.172. The van der Waals surface area contributed by atoms with Gasteiger partial charge in [-0.3, -0.25) is 24.1 Å². The molecule has 0 aliphatic rings. The highest BCUT2D eigenvalue weighted by Crippen LogP contribution is 2.08. The van der Waals surface area contributed by atoms with Crippen LogP contribution in [0.4, 0.5) is 4.79 Å². The molecule has 38 heavy (non-hydrogen) atoms. The van der Waals surface area contributed by atoms with Crippen molar-refractivity contribution in [3.8, 4) is 0 Å². The molecule has 3 aromatic rings. The number of ketones is 1. The standard InChI is InChI=1S/C29H29N4O5/c30-25(34)19-26(35)33(17-16-21-10-4-1-5-11-21)29(38)32-24(18-22-12-6-2-7-13-22)27(36)28(37)31-20-23-14-8-3-9-15-23/h1-15,19,24H,16-18,20H2,(H2,30,34)(H,31,37)(H,32,38)/t24-/m0/s1. The molecule has 0 fully saturated rings. The van der Waals surface area contributed by atoms with E-state index in [0.717, 1.165) is 16.0 Å². The third-order valence-corrected chi connectivity index (χ3v) is 5.66. The molecule has 195 valence electrons. The maximum absolute atomic E-state index is 13.2. The minimum atomic E-state index is -1.26. The van der Waals surface area contributed by atoms with Crippen LogP contribution in [0.1, 0.15) is 16.7 Å². The average molecular weight is 514 g/mol. The number of nitrogens with one attached hydrogen (secondary N) is 2. The van der Waals surface area contributed by atoms with Crippen LogP contribution in [0, 0.1) is 6.42 Å². The molecule has 4 N–H and O–H groups in total. The van der Waals surface area contributed by atoms with Crippen LogP contribution < -0.4 is 16.4 Å². The van der Waals surface area contributed by atoms with Crippen molar-refractivity contribution in [2.45, 2.75) is 25.4 Å². The second kappa shape index (κ2) is 14.1. The number of carbonyl (C=O) groups excluding carboxylic acids is 5. The number of carbonyl (C=O) groups is 5. The van der Waals surface area contributed by atoms with Crippen LogP contribution in [0.2, 0.25) is 0 Å². The van der Waals surface area contributed by atoms with Crippen LogP contribution >= 0.6 is 0 Å². The van der Waals surface area contributed by atoms with Gasteiger partial charge in [0.2, 0.25) is 17.6 Å². The highest BCUT2D eigenvalue weighted by molar-refractivity contribution is 6.38. The monoisotopic (exact) mass is 513 g/mol. The molecule has 0 aliphatic carbocycles. The zero-order chi connectivity index (χ0) is 27.3. The van der Waals surface area contributed by atoms with Crippen LogP contribution in [0.15, 0.2) is 91.0 Å². The highest BCUT2D eigenvalue weighted by atomic mass is 16.2. The van der Waals surface area contributed by atoms with Gasteiger partial charge in [-0.25, -0.2) is 4.79 Å². The molecular weight excluding hydrogens is 484 g/mol. The summed E-state index contributed by atoms with van der Waals surface area (Å²) in [5.41, 5.74) is 7.49. The van der Waals surface area contributed by atoms with E-state index in [-0.39, 0.29) is 19.5 Å². The third kappa shape index (κ3) is 8.70. The fourth-order valence-electron chi connectivity index (χ4n) is 3.71. The Morgan fingerprint density at radius 1 is 0.763 bits per heavy atom. The van der Waals surface area contributed by atoms with Gasteiger partial charge in [-0.1, -0.05) is 91.0 Å². The first-order valence-electron chi connectivity index (χ1n) is 12.0. The molecule has 1 radical (unpaired) electrons. The van der Waals surface area contributed by atoms with Gasteiger partial charge in [-0.05, 0) is 23.1 Å². The predicted octanol–water partition coefficient (Wildman–Crippen LogP) is 1.95. The van der Waals surface area contributed by atoms with E-state index in [2.05, 4.69) is 10.6 Å². The summed E-state index contributed by atoms with van der Waals surface area (Å²) in [6.45, 7) is 0.0532. The van der Waals surface area contributed by atoms with Crippen molar-refractivity contribution < 1.29 is 24.0 Å². The molecule has 3 aromatic carbocycles. The topological polar surface area (TPSA) is 139 Å². The number of imide groups is 1. The van der Waals surface area contributed by atoms with E-state index in [4.69, 9.17) is 5.73 Å². The van der Waals surface area contributed by atoms with E-state index in [1.807, 2.05) is 48.5 Å². The summed E-state index contributed by atoms with van der Waals surface area (Å²) in [5.74, 6) is -3.68. The number of amides is 5. The minimum absolute atomic E-state index is 0.0183. The first kappa shape index (κ1) is 27.8. The lowest BCUT2D eigenvalue weighted by Crippen LogP contribution is -2.54. The van der Waals surface area contributed by atoms with Gasteiger partial charge < -0.3 is 16.4 Å². The van der Waals surface area contributed by atoms with E-state index in [1.165, 1.54) is 0 Å². The number of nitrogens with zero attached hydrogens (tertiary/aromatic N) is 1. The number of urea groups is 1. The van der Waals surface area contributed by atoms with Crippen LogP contribution in [-0.4, -0.2) is 47.0 Å². The van der Waals surface area contributed by atoms with Crippen LogP contribution in [0.5, 0.6) is 0 Å². The molecule has 0 bridgehead atoms. The number of hydrogen-bond donors (Lipinski definition) is 3. The zero-order valence-corrected chi connectivity index (χ0v) is 20.7. The molecule has 0 saturated heterocycles. The van der Waals surface area contributed by atoms with E-state index >= 15 is 0 Å². The van der Waals surface area contributed by atoms with Gasteiger partial charge in [-0.2, -0.15) is 0 Å². The van der Waals surface area contributed by atoms with Crippen LogP contribution in [-0.2, 0) is 38.6 Å². The molecule has 0 saturated carbocycles. The van der Waals surface area contributed by atoms with Gasteiger partial charge in [-0.15, -0.1) is 0 Å². The highest BCUT2D eigenvalue weighted by Gasteiger charge is 2.31. The molecule has 1 atom stereocenters. The summed E-state index contributed by atoms with van der Waals surface area (Å²) < 4.78 is 0. The summed E-state index contributed by atoms with van der Waals surface area (Å²) >= 11 is 0. The van der Waals surface area contributed by atoms with Crippen LogP contribution in [0.25, 0.3) is 0 Å². The molecule has 5 amide bonds. The van der Waals surface area contributed by atoms with Crippen molar-refractivity contribution in [1.29, 1.82) is 0 Å². The number of Topliss-reactive ketones (excluding diaryl/α,β-unsaturated/α-hetero) is 1. The lowest BCUT2D eigenvalue weighted by atomic mass is 10.0. The lowest BCUT2D eigenvalue weighted by Gasteiger charge is -2.24. The Labute approximate surface area is 221 Å². The second-order valence-electron chi connectivity index (χ2n) is 8.50. The van der Waals surface area contributed by atoms with Gasteiger partial charge in [0.1, 0.15) is 12.5 Å². The average Bonchev–Trinajstić information content (AvgIpc) is 2.92. The molecule has 0 heterocycles. The lowest BCUT2D eigenvalue weighted by molar-refractivity contribution is -0.139. The SMILES string of the molecule is NC(=O)[CH]C(=O)N(CCc1ccccc1)C(=O)N[C@@H](Cc1ccccc1)C(=O)C(=O)NCc1ccccc1. The number of nitrogens with two attached hydrogens (primary N) is 1. The van der Waals surface area contributed by atoms with E-state index < -0.39 is 35.6 Å². The normalized spacial score (nSPS) is 11.2. The largest absolute Gasteiger partial charge is 0.369 e. The molecule has 0 aromatic heterocycles. The number of rotatable bonds is 12. The van der Waals surface area contributed by atoms with Gasteiger partial charge in [0.05, 0.1) is 0 Å². The molecule has 3 rings (SSSR count). The number of benzene rings is 3. The zero-order valence-electron chi connectivity index (χ0n) is 20.7. The van der Waals surface area contributed by atoms with E-state index in [0.29, 0.717) is 18.4 Å². The van der Waals surface area contributed by atoms with E-state index in [9.17, 15) is 24.0 Å². The second-order valence-corrected chi connectivity index (χ2v) is 8.50. The summed E-state index contributed by atoms with van der Waals surface area (Å²) in [7, 11) is 0. The number of hydrogen-bond acceptors (Lipinski definition) is 5. The van der Waals surface area contributed by atoms with Gasteiger partial charge >= 0.3 is 6.03 Å². The Bertz CT molecular complexity index is 1250. The Hall–Kier alpha value is -4.79. The Morgan fingerprint density at radius 2 is 1.29 bits per heavy atom. The maximum Gasteiger partial charge on any atom is 0.324 e. The number of primary amides is 1. The molecule has 9 heteroatoms. The smallest absolute Gasteiger partial charge is 0.324 e.